The van der Waals surface area contributed by atoms with Gasteiger partial charge in [-0.3, -0.25) is 14.5 Å². The molecule has 0 aliphatic carbocycles. The van der Waals surface area contributed by atoms with E-state index in [0.717, 1.165) is 5.56 Å². The number of nitrogens with zero attached hydrogens (tertiary/aromatic N) is 1. The molecule has 0 unspecified atom stereocenters. The van der Waals surface area contributed by atoms with E-state index in [0.29, 0.717) is 22.5 Å². The van der Waals surface area contributed by atoms with Crippen LogP contribution < -0.4 is 14.8 Å². The lowest BCUT2D eigenvalue weighted by Crippen LogP contribution is -2.23. The minimum Gasteiger partial charge on any atom is -0.496 e. The van der Waals surface area contributed by atoms with E-state index in [-0.39, 0.29) is 16.4 Å². The predicted octanol–water partition coefficient (Wildman–Crippen LogP) is 3.58. The van der Waals surface area contributed by atoms with Crippen molar-refractivity contribution in [3.8, 4) is 5.75 Å². The van der Waals surface area contributed by atoms with Gasteiger partial charge in [0.15, 0.2) is 0 Å². The lowest BCUT2D eigenvalue weighted by atomic mass is 10.2. The molecule has 7 nitrogen and oxygen atoms in total. The molecule has 3 rings (SSSR count). The number of hydrogen-bond donors (Lipinski definition) is 2. The van der Waals surface area contributed by atoms with E-state index in [1.165, 1.54) is 25.3 Å². The second-order valence-corrected chi connectivity index (χ2v) is 8.56. The molecule has 0 aliphatic heterocycles. The molecule has 3 aromatic rings. The lowest BCUT2D eigenvalue weighted by Gasteiger charge is -2.11. The van der Waals surface area contributed by atoms with Gasteiger partial charge in [-0.15, -0.1) is 0 Å². The molecule has 0 fully saturated rings. The highest BCUT2D eigenvalue weighted by molar-refractivity contribution is 9.10. The molecule has 150 valence electrons. The summed E-state index contributed by atoms with van der Waals surface area (Å²) in [5.41, 5.74) is 1.51. The average Bonchev–Trinajstić information content (AvgIpc) is 2.73. The first-order valence-electron chi connectivity index (χ1n) is 8.52. The van der Waals surface area contributed by atoms with Crippen LogP contribution in [0.5, 0.6) is 5.75 Å². The Labute approximate surface area is 177 Å². The van der Waals surface area contributed by atoms with Gasteiger partial charge in [-0.05, 0) is 70.0 Å². The summed E-state index contributed by atoms with van der Waals surface area (Å²) in [6.07, 6.45) is 3.27. The predicted molar refractivity (Wildman–Crippen MR) is 113 cm³/mol. The molecule has 0 atom stereocenters. The molecule has 0 spiro atoms. The molecule has 0 saturated carbocycles. The van der Waals surface area contributed by atoms with Crippen LogP contribution in [0.15, 0.2) is 76.4 Å². The van der Waals surface area contributed by atoms with Crippen LogP contribution in [0.2, 0.25) is 0 Å². The molecule has 9 heteroatoms. The highest BCUT2D eigenvalue weighted by atomic mass is 79.9. The molecule has 0 aliphatic rings. The van der Waals surface area contributed by atoms with Gasteiger partial charge in [-0.1, -0.05) is 6.07 Å². The number of benzene rings is 2. The Bertz CT molecular complexity index is 1120. The molecule has 1 aromatic heterocycles. The van der Waals surface area contributed by atoms with Crippen molar-refractivity contribution < 1.29 is 17.9 Å². The molecule has 0 radical (unpaired) electrons. The minimum atomic E-state index is -3.87. The second-order valence-electron chi connectivity index (χ2n) is 6.02. The number of nitrogens with one attached hydrogen (secondary N) is 2. The number of aromatic nitrogens is 1. The summed E-state index contributed by atoms with van der Waals surface area (Å²) in [6.45, 7) is 0.316. The van der Waals surface area contributed by atoms with Gasteiger partial charge >= 0.3 is 0 Å². The van der Waals surface area contributed by atoms with E-state index in [2.05, 4.69) is 31.0 Å². The first kappa shape index (κ1) is 20.8. The SMILES string of the molecule is COc1ccc(NS(=O)(=O)c2cccc(C(=O)NCc3ccncc3)c2)cc1Br. The summed E-state index contributed by atoms with van der Waals surface area (Å²) in [5.74, 6) is 0.215. The van der Waals surface area contributed by atoms with Gasteiger partial charge in [0.25, 0.3) is 15.9 Å². The van der Waals surface area contributed by atoms with E-state index in [4.69, 9.17) is 4.74 Å². The average molecular weight is 476 g/mol. The zero-order valence-electron chi connectivity index (χ0n) is 15.4. The van der Waals surface area contributed by atoms with Gasteiger partial charge in [0, 0.05) is 24.5 Å². The molecular formula is C20H18BrN3O4S. The molecule has 29 heavy (non-hydrogen) atoms. The molecule has 0 saturated heterocycles. The van der Waals surface area contributed by atoms with Crippen LogP contribution >= 0.6 is 15.9 Å². The van der Waals surface area contributed by atoms with Crippen LogP contribution in [0.4, 0.5) is 5.69 Å². The maximum absolute atomic E-state index is 12.7. The summed E-state index contributed by atoms with van der Waals surface area (Å²) < 4.78 is 33.7. The Morgan fingerprint density at radius 1 is 1.10 bits per heavy atom. The zero-order valence-corrected chi connectivity index (χ0v) is 17.8. The number of rotatable bonds is 7. The third-order valence-electron chi connectivity index (χ3n) is 4.01. The van der Waals surface area contributed by atoms with E-state index in [9.17, 15) is 13.2 Å². The number of carbonyl (C=O) groups is 1. The monoisotopic (exact) mass is 475 g/mol. The fraction of sp³-hybridized carbons (Fsp3) is 0.100. The number of methoxy groups -OCH3 is 1. The molecule has 2 aromatic carbocycles. The topological polar surface area (TPSA) is 97.4 Å². The van der Waals surface area contributed by atoms with Crippen LogP contribution in [0.1, 0.15) is 15.9 Å². The van der Waals surface area contributed by atoms with Crippen molar-refractivity contribution >= 4 is 37.5 Å². The number of halogens is 1. The van der Waals surface area contributed by atoms with Crippen LogP contribution in [0, 0.1) is 0 Å². The Morgan fingerprint density at radius 2 is 1.86 bits per heavy atom. The maximum atomic E-state index is 12.7. The quantitative estimate of drug-likeness (QED) is 0.544. The largest absolute Gasteiger partial charge is 0.496 e. The van der Waals surface area contributed by atoms with Gasteiger partial charge in [0.2, 0.25) is 0 Å². The first-order chi connectivity index (χ1) is 13.9. The van der Waals surface area contributed by atoms with E-state index in [1.54, 1.807) is 48.8 Å². The number of anilines is 1. The number of amides is 1. The van der Waals surface area contributed by atoms with Crippen LogP contribution in [-0.4, -0.2) is 26.4 Å². The molecule has 2 N–H and O–H groups in total. The Morgan fingerprint density at radius 3 is 2.55 bits per heavy atom. The zero-order chi connectivity index (χ0) is 20.9. The van der Waals surface area contributed by atoms with E-state index in [1.807, 2.05) is 0 Å². The van der Waals surface area contributed by atoms with Crippen molar-refractivity contribution in [1.82, 2.24) is 10.3 Å². The van der Waals surface area contributed by atoms with Gasteiger partial charge < -0.3 is 10.1 Å². The normalized spacial score (nSPS) is 11.0. The summed E-state index contributed by atoms with van der Waals surface area (Å²) >= 11 is 3.32. The maximum Gasteiger partial charge on any atom is 0.261 e. The van der Waals surface area contributed by atoms with Gasteiger partial charge in [0.05, 0.1) is 22.2 Å². The Kier molecular flexibility index (Phi) is 6.50. The smallest absolute Gasteiger partial charge is 0.261 e. The van der Waals surface area contributed by atoms with Crippen molar-refractivity contribution in [2.24, 2.45) is 0 Å². The van der Waals surface area contributed by atoms with Gasteiger partial charge in [-0.25, -0.2) is 8.42 Å². The number of carbonyl (C=O) groups excluding carboxylic acids is 1. The van der Waals surface area contributed by atoms with Crippen molar-refractivity contribution in [2.75, 3.05) is 11.8 Å². The van der Waals surface area contributed by atoms with Crippen molar-refractivity contribution in [1.29, 1.82) is 0 Å². The molecule has 1 amide bonds. The lowest BCUT2D eigenvalue weighted by molar-refractivity contribution is 0.0950. The third-order valence-corrected chi connectivity index (χ3v) is 6.01. The molecular weight excluding hydrogens is 458 g/mol. The number of pyridine rings is 1. The minimum absolute atomic E-state index is 0.0130. The van der Waals surface area contributed by atoms with Gasteiger partial charge in [0.1, 0.15) is 5.75 Å². The Hall–Kier alpha value is -2.91. The summed E-state index contributed by atoms with van der Waals surface area (Å²) in [4.78, 5) is 16.3. The fourth-order valence-corrected chi connectivity index (χ4v) is 4.17. The highest BCUT2D eigenvalue weighted by Crippen LogP contribution is 2.29. The highest BCUT2D eigenvalue weighted by Gasteiger charge is 2.17. The van der Waals surface area contributed by atoms with Crippen LogP contribution in [0.25, 0.3) is 0 Å². The van der Waals surface area contributed by atoms with E-state index < -0.39 is 10.0 Å². The van der Waals surface area contributed by atoms with Crippen LogP contribution in [-0.2, 0) is 16.6 Å². The van der Waals surface area contributed by atoms with E-state index >= 15 is 0 Å². The molecule has 1 heterocycles. The number of ether oxygens (including phenoxy) is 1. The van der Waals surface area contributed by atoms with Gasteiger partial charge in [-0.2, -0.15) is 0 Å². The van der Waals surface area contributed by atoms with Crippen molar-refractivity contribution in [2.45, 2.75) is 11.4 Å². The second kappa shape index (κ2) is 9.06. The molecule has 0 bridgehead atoms. The fourth-order valence-electron chi connectivity index (χ4n) is 2.53. The summed E-state index contributed by atoms with van der Waals surface area (Å²) in [5, 5.41) is 2.76. The Balaban J connectivity index is 1.75. The summed E-state index contributed by atoms with van der Waals surface area (Å²) in [7, 11) is -2.35. The summed E-state index contributed by atoms with van der Waals surface area (Å²) in [6, 6.07) is 14.3. The third kappa shape index (κ3) is 5.33. The first-order valence-corrected chi connectivity index (χ1v) is 10.8. The van der Waals surface area contributed by atoms with Crippen molar-refractivity contribution in [3.05, 3.63) is 82.6 Å². The standard InChI is InChI=1S/C20H18BrN3O4S/c1-28-19-6-5-16(12-18(19)21)24-29(26,27)17-4-2-3-15(11-17)20(25)23-13-14-7-9-22-10-8-14/h2-12,24H,13H2,1H3,(H,23,25). The van der Waals surface area contributed by atoms with Crippen molar-refractivity contribution in [3.63, 3.8) is 0 Å². The number of hydrogen-bond acceptors (Lipinski definition) is 5. The van der Waals surface area contributed by atoms with Crippen LogP contribution in [0.3, 0.4) is 0 Å². The number of sulfonamides is 1.